The lowest BCUT2D eigenvalue weighted by Gasteiger charge is -2.19. The molecule has 19 heavy (non-hydrogen) atoms. The Morgan fingerprint density at radius 3 is 2.53 bits per heavy atom. The van der Waals surface area contributed by atoms with Crippen molar-refractivity contribution in [1.29, 1.82) is 0 Å². The van der Waals surface area contributed by atoms with Crippen LogP contribution in [0.2, 0.25) is 0 Å². The fourth-order valence-electron chi connectivity index (χ4n) is 1.88. The summed E-state index contributed by atoms with van der Waals surface area (Å²) in [5, 5.41) is 0. The summed E-state index contributed by atoms with van der Waals surface area (Å²) in [6, 6.07) is 14.2. The van der Waals surface area contributed by atoms with Gasteiger partial charge in [-0.25, -0.2) is 4.39 Å². The molecule has 0 aliphatic rings. The van der Waals surface area contributed by atoms with Crippen molar-refractivity contribution < 1.29 is 4.39 Å². The average Bonchev–Trinajstić information content (AvgIpc) is 2.39. The molecule has 0 saturated carbocycles. The van der Waals surface area contributed by atoms with Gasteiger partial charge in [0.15, 0.2) is 0 Å². The third-order valence-electron chi connectivity index (χ3n) is 2.90. The second-order valence-corrected chi connectivity index (χ2v) is 4.84. The summed E-state index contributed by atoms with van der Waals surface area (Å²) < 4.78 is 12.9. The Hall–Kier alpha value is -1.94. The van der Waals surface area contributed by atoms with Crippen LogP contribution in [0, 0.1) is 5.82 Å². The Morgan fingerprint density at radius 2 is 1.89 bits per heavy atom. The molecule has 0 aromatic heterocycles. The second kappa shape index (κ2) is 5.80. The highest BCUT2D eigenvalue weighted by Gasteiger charge is 2.04. The maximum Gasteiger partial charge on any atom is 0.123 e. The van der Waals surface area contributed by atoms with E-state index in [9.17, 15) is 4.39 Å². The number of hydrogen-bond acceptors (Lipinski definition) is 2. The molecular formula is C15H15FN2S. The number of rotatable bonds is 4. The van der Waals surface area contributed by atoms with Gasteiger partial charge in [-0.2, -0.15) is 0 Å². The lowest BCUT2D eigenvalue weighted by atomic mass is 10.1. The molecule has 0 spiro atoms. The molecule has 0 aliphatic carbocycles. The van der Waals surface area contributed by atoms with Gasteiger partial charge in [-0.3, -0.25) is 0 Å². The maximum absolute atomic E-state index is 12.9. The zero-order chi connectivity index (χ0) is 13.8. The van der Waals surface area contributed by atoms with E-state index in [-0.39, 0.29) is 5.82 Å². The van der Waals surface area contributed by atoms with Crippen LogP contribution in [0.25, 0.3) is 0 Å². The number of nitrogens with two attached hydrogens (primary N) is 1. The number of thiocarbonyl (C=S) groups is 1. The summed E-state index contributed by atoms with van der Waals surface area (Å²) in [4.78, 5) is 2.43. The zero-order valence-corrected chi connectivity index (χ0v) is 11.5. The highest BCUT2D eigenvalue weighted by Crippen LogP contribution is 2.16. The van der Waals surface area contributed by atoms with Crippen LogP contribution in [0.3, 0.4) is 0 Å². The van der Waals surface area contributed by atoms with Gasteiger partial charge >= 0.3 is 0 Å². The highest BCUT2D eigenvalue weighted by molar-refractivity contribution is 7.80. The number of anilines is 1. The minimum absolute atomic E-state index is 0.229. The van der Waals surface area contributed by atoms with E-state index in [1.54, 1.807) is 12.1 Å². The topological polar surface area (TPSA) is 29.3 Å². The highest BCUT2D eigenvalue weighted by atomic mass is 32.1. The molecule has 2 aromatic carbocycles. The third-order valence-corrected chi connectivity index (χ3v) is 3.13. The molecule has 2 nitrogen and oxygen atoms in total. The third kappa shape index (κ3) is 3.51. The number of nitrogens with zero attached hydrogens (tertiary/aromatic N) is 1. The van der Waals surface area contributed by atoms with Gasteiger partial charge in [0.05, 0.1) is 0 Å². The van der Waals surface area contributed by atoms with Crippen molar-refractivity contribution in [3.05, 3.63) is 65.5 Å². The average molecular weight is 274 g/mol. The summed E-state index contributed by atoms with van der Waals surface area (Å²) in [6.45, 7) is 0.710. The van der Waals surface area contributed by atoms with Gasteiger partial charge in [0.2, 0.25) is 0 Å². The molecule has 0 bridgehead atoms. The van der Waals surface area contributed by atoms with Gasteiger partial charge in [0, 0.05) is 24.8 Å². The molecule has 0 amide bonds. The first-order chi connectivity index (χ1) is 9.06. The molecule has 0 atom stereocenters. The first kappa shape index (κ1) is 13.5. The van der Waals surface area contributed by atoms with E-state index in [4.69, 9.17) is 18.0 Å². The van der Waals surface area contributed by atoms with E-state index in [0.717, 1.165) is 16.8 Å². The molecule has 0 fully saturated rings. The predicted octanol–water partition coefficient (Wildman–Crippen LogP) is 3.10. The van der Waals surface area contributed by atoms with E-state index in [1.807, 2.05) is 36.2 Å². The number of benzene rings is 2. The molecule has 0 heterocycles. The molecule has 2 aromatic rings. The summed E-state index contributed by atoms with van der Waals surface area (Å²) in [5.41, 5.74) is 8.55. The van der Waals surface area contributed by atoms with Crippen molar-refractivity contribution in [2.24, 2.45) is 5.73 Å². The van der Waals surface area contributed by atoms with Crippen LogP contribution in [0.5, 0.6) is 0 Å². The molecule has 98 valence electrons. The van der Waals surface area contributed by atoms with Crippen LogP contribution in [0.15, 0.2) is 48.5 Å². The maximum atomic E-state index is 12.9. The number of hydrogen-bond donors (Lipinski definition) is 1. The van der Waals surface area contributed by atoms with Crippen LogP contribution in [-0.2, 0) is 6.54 Å². The Bertz CT molecular complexity index is 581. The van der Waals surface area contributed by atoms with Crippen LogP contribution in [-0.4, -0.2) is 12.0 Å². The van der Waals surface area contributed by atoms with Gasteiger partial charge in [-0.15, -0.1) is 0 Å². The molecule has 0 saturated heterocycles. The van der Waals surface area contributed by atoms with E-state index in [1.165, 1.54) is 12.1 Å². The van der Waals surface area contributed by atoms with Crippen LogP contribution in [0.1, 0.15) is 11.1 Å². The predicted molar refractivity (Wildman–Crippen MR) is 80.8 cm³/mol. The SMILES string of the molecule is CN(Cc1cccc(C(N)=S)c1)c1ccc(F)cc1. The van der Waals surface area contributed by atoms with Crippen molar-refractivity contribution in [1.82, 2.24) is 0 Å². The van der Waals surface area contributed by atoms with Crippen LogP contribution < -0.4 is 10.6 Å². The summed E-state index contributed by atoms with van der Waals surface area (Å²) >= 11 is 4.97. The largest absolute Gasteiger partial charge is 0.389 e. The molecule has 4 heteroatoms. The Kier molecular flexibility index (Phi) is 4.12. The Labute approximate surface area is 117 Å². The Morgan fingerprint density at radius 1 is 1.21 bits per heavy atom. The zero-order valence-electron chi connectivity index (χ0n) is 10.6. The summed E-state index contributed by atoms with van der Waals surface area (Å²) in [5.74, 6) is -0.229. The first-order valence-corrected chi connectivity index (χ1v) is 6.32. The molecule has 0 radical (unpaired) electrons. The lowest BCUT2D eigenvalue weighted by Crippen LogP contribution is -2.17. The standard InChI is InChI=1S/C15H15FN2S/c1-18(14-7-5-13(16)6-8-14)10-11-3-2-4-12(9-11)15(17)19/h2-9H,10H2,1H3,(H2,17,19). The molecule has 0 aliphatic heterocycles. The lowest BCUT2D eigenvalue weighted by molar-refractivity contribution is 0.627. The van der Waals surface area contributed by atoms with Gasteiger partial charge in [0.25, 0.3) is 0 Å². The van der Waals surface area contributed by atoms with Crippen molar-refractivity contribution >= 4 is 22.9 Å². The van der Waals surface area contributed by atoms with Crippen molar-refractivity contribution in [2.45, 2.75) is 6.54 Å². The van der Waals surface area contributed by atoms with Gasteiger partial charge in [-0.1, -0.05) is 30.4 Å². The molecule has 2 rings (SSSR count). The normalized spacial score (nSPS) is 10.2. The van der Waals surface area contributed by atoms with Crippen molar-refractivity contribution in [3.8, 4) is 0 Å². The van der Waals surface area contributed by atoms with E-state index in [0.29, 0.717) is 11.5 Å². The first-order valence-electron chi connectivity index (χ1n) is 5.92. The van der Waals surface area contributed by atoms with Crippen molar-refractivity contribution in [3.63, 3.8) is 0 Å². The molecular weight excluding hydrogens is 259 g/mol. The minimum atomic E-state index is -0.229. The van der Waals surface area contributed by atoms with Gasteiger partial charge in [0.1, 0.15) is 10.8 Å². The van der Waals surface area contributed by atoms with Gasteiger partial charge in [-0.05, 0) is 35.9 Å². The van der Waals surface area contributed by atoms with Crippen LogP contribution in [0.4, 0.5) is 10.1 Å². The minimum Gasteiger partial charge on any atom is -0.389 e. The van der Waals surface area contributed by atoms with Crippen molar-refractivity contribution in [2.75, 3.05) is 11.9 Å². The fourth-order valence-corrected chi connectivity index (χ4v) is 2.01. The Balaban J connectivity index is 2.14. The van der Waals surface area contributed by atoms with E-state index < -0.39 is 0 Å². The molecule has 2 N–H and O–H groups in total. The monoisotopic (exact) mass is 274 g/mol. The quantitative estimate of drug-likeness (QED) is 0.869. The number of halogens is 1. The van der Waals surface area contributed by atoms with Gasteiger partial charge < -0.3 is 10.6 Å². The fraction of sp³-hybridized carbons (Fsp3) is 0.133. The van der Waals surface area contributed by atoms with E-state index >= 15 is 0 Å². The summed E-state index contributed by atoms with van der Waals surface area (Å²) in [6.07, 6.45) is 0. The molecule has 0 unspecified atom stereocenters. The summed E-state index contributed by atoms with van der Waals surface area (Å²) in [7, 11) is 1.96. The van der Waals surface area contributed by atoms with E-state index in [2.05, 4.69) is 0 Å². The smallest absolute Gasteiger partial charge is 0.123 e. The second-order valence-electron chi connectivity index (χ2n) is 4.40. The van der Waals surface area contributed by atoms with Crippen LogP contribution >= 0.6 is 12.2 Å².